The van der Waals surface area contributed by atoms with Crippen LogP contribution in [-0.2, 0) is 17.6 Å². The number of hydrogen-bond acceptors (Lipinski definition) is 3. The molecule has 6 heteroatoms. The van der Waals surface area contributed by atoms with Crippen molar-refractivity contribution >= 4 is 29.1 Å². The lowest BCUT2D eigenvalue weighted by Gasteiger charge is -2.43. The molecule has 0 aromatic heterocycles. The molecule has 0 radical (unpaired) electrons. The highest BCUT2D eigenvalue weighted by Gasteiger charge is 2.38. The van der Waals surface area contributed by atoms with Crippen LogP contribution in [0, 0.1) is 0 Å². The Bertz CT molecular complexity index is 927. The maximum Gasteiger partial charge on any atom is 0.227 e. The Morgan fingerprint density at radius 3 is 2.60 bits per heavy atom. The predicted molar refractivity (Wildman–Crippen MR) is 122 cm³/mol. The van der Waals surface area contributed by atoms with E-state index >= 15 is 0 Å². The van der Waals surface area contributed by atoms with Crippen LogP contribution in [0.25, 0.3) is 0 Å². The summed E-state index contributed by atoms with van der Waals surface area (Å²) in [5.41, 5.74) is 3.40. The first kappa shape index (κ1) is 21.5. The molecule has 1 heterocycles. The minimum absolute atomic E-state index is 0.0352. The van der Waals surface area contributed by atoms with E-state index < -0.39 is 0 Å². The van der Waals surface area contributed by atoms with Crippen molar-refractivity contribution in [2.45, 2.75) is 44.2 Å². The van der Waals surface area contributed by atoms with Crippen molar-refractivity contribution in [3.05, 3.63) is 63.1 Å². The summed E-state index contributed by atoms with van der Waals surface area (Å²) in [7, 11) is 3.63. The van der Waals surface area contributed by atoms with Gasteiger partial charge in [-0.25, -0.2) is 0 Å². The molecule has 2 aliphatic rings. The minimum atomic E-state index is 0.0352. The number of aryl methyl sites for hydroxylation is 1. The smallest absolute Gasteiger partial charge is 0.227 e. The van der Waals surface area contributed by atoms with Crippen LogP contribution in [0.15, 0.2) is 36.4 Å². The van der Waals surface area contributed by atoms with Gasteiger partial charge >= 0.3 is 0 Å². The van der Waals surface area contributed by atoms with Crippen molar-refractivity contribution in [1.82, 2.24) is 9.80 Å². The Morgan fingerprint density at radius 1 is 1.13 bits per heavy atom. The molecule has 0 N–H and O–H groups in total. The summed E-state index contributed by atoms with van der Waals surface area (Å²) >= 11 is 12.2. The van der Waals surface area contributed by atoms with Crippen LogP contribution < -0.4 is 4.74 Å². The Kier molecular flexibility index (Phi) is 6.57. The number of rotatable bonds is 5. The molecule has 2 aromatic rings. The van der Waals surface area contributed by atoms with Gasteiger partial charge in [-0.1, -0.05) is 35.3 Å². The lowest BCUT2D eigenvalue weighted by atomic mass is 9.82. The van der Waals surface area contributed by atoms with Crippen molar-refractivity contribution < 1.29 is 9.53 Å². The Labute approximate surface area is 188 Å². The van der Waals surface area contributed by atoms with Crippen molar-refractivity contribution in [3.8, 4) is 5.75 Å². The fourth-order valence-corrected chi connectivity index (χ4v) is 5.23. The Balaban J connectivity index is 1.63. The first-order chi connectivity index (χ1) is 14.5. The molecule has 160 valence electrons. The number of halogens is 2. The fourth-order valence-electron chi connectivity index (χ4n) is 4.91. The second-order valence-electron chi connectivity index (χ2n) is 8.29. The number of carbonyl (C=O) groups is 1. The molecule has 1 aliphatic heterocycles. The summed E-state index contributed by atoms with van der Waals surface area (Å²) in [5.74, 6) is 0.961. The third-order valence-corrected chi connectivity index (χ3v) is 7.24. The van der Waals surface area contributed by atoms with Gasteiger partial charge in [0, 0.05) is 13.1 Å². The molecule has 4 rings (SSSR count). The van der Waals surface area contributed by atoms with E-state index in [1.807, 2.05) is 24.1 Å². The summed E-state index contributed by atoms with van der Waals surface area (Å²) in [6.07, 6.45) is 4.84. The second kappa shape index (κ2) is 9.17. The third-order valence-electron chi connectivity index (χ3n) is 6.50. The van der Waals surface area contributed by atoms with Gasteiger partial charge in [-0.05, 0) is 79.7 Å². The number of ether oxygens (including phenoxy) is 1. The zero-order valence-corrected chi connectivity index (χ0v) is 19.0. The summed E-state index contributed by atoms with van der Waals surface area (Å²) in [5, 5.41) is 0.986. The van der Waals surface area contributed by atoms with Crippen molar-refractivity contribution in [2.75, 3.05) is 27.2 Å². The molecular formula is C24H28Cl2N2O2. The molecule has 1 amide bonds. The molecule has 0 bridgehead atoms. The number of carbonyl (C=O) groups excluding carboxylic acids is 1. The Morgan fingerprint density at radius 2 is 1.90 bits per heavy atom. The maximum absolute atomic E-state index is 13.3. The molecule has 2 aromatic carbocycles. The number of likely N-dealkylation sites (N-methyl/N-ethyl adjacent to an activating group) is 1. The first-order valence-electron chi connectivity index (χ1n) is 10.6. The highest BCUT2D eigenvalue weighted by molar-refractivity contribution is 6.42. The largest absolute Gasteiger partial charge is 0.497 e. The molecule has 1 aliphatic carbocycles. The van der Waals surface area contributed by atoms with Gasteiger partial charge in [-0.2, -0.15) is 0 Å². The van der Waals surface area contributed by atoms with E-state index in [2.05, 4.69) is 17.0 Å². The molecule has 0 spiro atoms. The number of fused-ring (bicyclic) bond motifs is 1. The molecule has 30 heavy (non-hydrogen) atoms. The summed E-state index contributed by atoms with van der Waals surface area (Å²) < 4.78 is 5.44. The molecular weight excluding hydrogens is 419 g/mol. The van der Waals surface area contributed by atoms with Crippen LogP contribution in [0.4, 0.5) is 0 Å². The average molecular weight is 447 g/mol. The molecule has 1 saturated heterocycles. The van der Waals surface area contributed by atoms with Gasteiger partial charge in [0.05, 0.1) is 29.6 Å². The van der Waals surface area contributed by atoms with Crippen molar-refractivity contribution in [2.24, 2.45) is 0 Å². The summed E-state index contributed by atoms with van der Waals surface area (Å²) in [6, 6.07) is 12.1. The number of hydrogen-bond donors (Lipinski definition) is 0. The predicted octanol–water partition coefficient (Wildman–Crippen LogP) is 5.15. The van der Waals surface area contributed by atoms with E-state index in [9.17, 15) is 4.79 Å². The van der Waals surface area contributed by atoms with E-state index in [-0.39, 0.29) is 11.9 Å². The summed E-state index contributed by atoms with van der Waals surface area (Å²) in [4.78, 5) is 17.8. The van der Waals surface area contributed by atoms with E-state index in [0.717, 1.165) is 37.2 Å². The van der Waals surface area contributed by atoms with Gasteiger partial charge in [0.15, 0.2) is 0 Å². The van der Waals surface area contributed by atoms with E-state index in [0.29, 0.717) is 22.5 Å². The zero-order chi connectivity index (χ0) is 21.3. The number of amides is 1. The standard InChI is InChI=1S/C24H28Cl2N2O2/c1-27(23(29)14-16-5-9-20(25)21(26)13-16)24-19-8-7-18(30-2)15-17(19)6-10-22(24)28-11-3-4-12-28/h5,7-9,13,15,22,24H,3-4,6,10-12,14H2,1-2H3/t22-,24-/m1/s1. The number of methoxy groups -OCH3 is 1. The lowest BCUT2D eigenvalue weighted by Crippen LogP contribution is -2.48. The van der Waals surface area contributed by atoms with Gasteiger partial charge < -0.3 is 9.64 Å². The van der Waals surface area contributed by atoms with Gasteiger partial charge in [0.2, 0.25) is 5.91 Å². The Hall–Kier alpha value is -1.75. The maximum atomic E-state index is 13.3. The summed E-state index contributed by atoms with van der Waals surface area (Å²) in [6.45, 7) is 2.23. The highest BCUT2D eigenvalue weighted by Crippen LogP contribution is 2.39. The topological polar surface area (TPSA) is 32.8 Å². The quantitative estimate of drug-likeness (QED) is 0.635. The lowest BCUT2D eigenvalue weighted by molar-refractivity contribution is -0.133. The SMILES string of the molecule is COc1ccc2c(c1)CC[C@@H](N1CCCC1)[C@@H]2N(C)C(=O)Cc1ccc(Cl)c(Cl)c1. The van der Waals surface area contributed by atoms with Crippen molar-refractivity contribution in [3.63, 3.8) is 0 Å². The second-order valence-corrected chi connectivity index (χ2v) is 9.10. The van der Waals surface area contributed by atoms with Crippen molar-refractivity contribution in [1.29, 1.82) is 0 Å². The van der Waals surface area contributed by atoms with Crippen LogP contribution in [0.1, 0.15) is 42.0 Å². The van der Waals surface area contributed by atoms with Crippen LogP contribution >= 0.6 is 23.2 Å². The van der Waals surface area contributed by atoms with E-state index in [1.165, 1.54) is 24.0 Å². The van der Waals surface area contributed by atoms with Crippen LogP contribution in [0.2, 0.25) is 10.0 Å². The zero-order valence-electron chi connectivity index (χ0n) is 17.5. The van der Waals surface area contributed by atoms with Crippen LogP contribution in [0.5, 0.6) is 5.75 Å². The van der Waals surface area contributed by atoms with Gasteiger partial charge in [0.1, 0.15) is 5.75 Å². The molecule has 4 nitrogen and oxygen atoms in total. The monoisotopic (exact) mass is 446 g/mol. The molecule has 1 fully saturated rings. The fraction of sp³-hybridized carbons (Fsp3) is 0.458. The van der Waals surface area contributed by atoms with Gasteiger partial charge in [0.25, 0.3) is 0 Å². The number of nitrogens with zero attached hydrogens (tertiary/aromatic N) is 2. The first-order valence-corrected chi connectivity index (χ1v) is 11.3. The number of likely N-dealkylation sites (tertiary alicyclic amines) is 1. The van der Waals surface area contributed by atoms with Crippen LogP contribution in [0.3, 0.4) is 0 Å². The molecule has 0 unspecified atom stereocenters. The van der Waals surface area contributed by atoms with E-state index in [1.54, 1.807) is 19.2 Å². The normalized spacial score (nSPS) is 21.3. The number of benzene rings is 2. The average Bonchev–Trinajstić information content (AvgIpc) is 3.29. The van der Waals surface area contributed by atoms with Crippen LogP contribution in [-0.4, -0.2) is 49.0 Å². The van der Waals surface area contributed by atoms with Gasteiger partial charge in [-0.3, -0.25) is 9.69 Å². The third kappa shape index (κ3) is 4.32. The molecule has 0 saturated carbocycles. The van der Waals surface area contributed by atoms with Gasteiger partial charge in [-0.15, -0.1) is 0 Å². The van der Waals surface area contributed by atoms with E-state index in [4.69, 9.17) is 27.9 Å². The minimum Gasteiger partial charge on any atom is -0.497 e. The highest BCUT2D eigenvalue weighted by atomic mass is 35.5. The molecule has 2 atom stereocenters.